The summed E-state index contributed by atoms with van der Waals surface area (Å²) in [4.78, 5) is 11.9. The molecule has 86 valence electrons. The number of pyridine rings is 1. The highest BCUT2D eigenvalue weighted by atomic mass is 35.5. The number of rotatable bonds is 2. The molecule has 0 bridgehead atoms. The van der Waals surface area contributed by atoms with Crippen LogP contribution in [-0.2, 0) is 6.54 Å². The predicted octanol–water partition coefficient (Wildman–Crippen LogP) is 1.05. The van der Waals surface area contributed by atoms with E-state index in [1.54, 1.807) is 18.3 Å². The molecule has 0 saturated heterocycles. The lowest BCUT2D eigenvalue weighted by molar-refractivity contribution is 0.645. The van der Waals surface area contributed by atoms with Crippen molar-refractivity contribution < 1.29 is 0 Å². The van der Waals surface area contributed by atoms with Crippen LogP contribution in [0.25, 0.3) is 5.65 Å². The van der Waals surface area contributed by atoms with Gasteiger partial charge in [-0.05, 0) is 12.1 Å². The zero-order valence-electron chi connectivity index (χ0n) is 8.45. The van der Waals surface area contributed by atoms with E-state index in [-0.39, 0.29) is 12.2 Å². The molecule has 0 amide bonds. The second-order valence-corrected chi connectivity index (χ2v) is 4.72. The van der Waals surface area contributed by atoms with E-state index >= 15 is 0 Å². The number of halogens is 1. The van der Waals surface area contributed by atoms with Gasteiger partial charge in [0.15, 0.2) is 5.65 Å². The molecule has 0 unspecified atom stereocenters. The van der Waals surface area contributed by atoms with Gasteiger partial charge in [-0.1, -0.05) is 22.2 Å². The third-order valence-corrected chi connectivity index (χ3v) is 3.28. The Morgan fingerprint density at radius 3 is 3.00 bits per heavy atom. The average molecular weight is 268 g/mol. The first-order valence-electron chi connectivity index (χ1n) is 4.76. The van der Waals surface area contributed by atoms with Gasteiger partial charge in [0, 0.05) is 17.7 Å². The molecule has 0 N–H and O–H groups in total. The van der Waals surface area contributed by atoms with E-state index in [0.29, 0.717) is 15.7 Å². The first-order valence-corrected chi connectivity index (χ1v) is 5.92. The lowest BCUT2D eigenvalue weighted by Gasteiger charge is -1.93. The van der Waals surface area contributed by atoms with Crippen LogP contribution < -0.4 is 5.69 Å². The minimum absolute atomic E-state index is 0.218. The van der Waals surface area contributed by atoms with Gasteiger partial charge in [-0.25, -0.2) is 9.48 Å². The van der Waals surface area contributed by atoms with Crippen LogP contribution in [-0.4, -0.2) is 23.8 Å². The molecule has 8 heteroatoms. The molecule has 6 nitrogen and oxygen atoms in total. The second kappa shape index (κ2) is 3.94. The van der Waals surface area contributed by atoms with Gasteiger partial charge < -0.3 is 0 Å². The summed E-state index contributed by atoms with van der Waals surface area (Å²) in [5, 5.41) is 8.02. The Labute approximate surface area is 104 Å². The third-order valence-electron chi connectivity index (χ3n) is 2.30. The van der Waals surface area contributed by atoms with Crippen molar-refractivity contribution in [3.63, 3.8) is 0 Å². The Kier molecular flexibility index (Phi) is 2.41. The molecule has 0 spiro atoms. The zero-order valence-corrected chi connectivity index (χ0v) is 10.0. The molecule has 0 atom stereocenters. The molecule has 0 radical (unpaired) electrons. The molecular weight excluding hydrogens is 262 g/mol. The maximum Gasteiger partial charge on any atom is 0.350 e. The lowest BCUT2D eigenvalue weighted by Crippen LogP contribution is -2.21. The third kappa shape index (κ3) is 1.73. The van der Waals surface area contributed by atoms with Gasteiger partial charge in [-0.2, -0.15) is 0 Å². The van der Waals surface area contributed by atoms with Gasteiger partial charge in [0.1, 0.15) is 10.0 Å². The maximum absolute atomic E-state index is 11.9. The van der Waals surface area contributed by atoms with Crippen LogP contribution in [0.4, 0.5) is 0 Å². The Bertz CT molecular complexity index is 730. The quantitative estimate of drug-likeness (QED) is 0.696. The Balaban J connectivity index is 2.10. The molecule has 0 saturated carbocycles. The van der Waals surface area contributed by atoms with Gasteiger partial charge >= 0.3 is 5.69 Å². The molecule has 3 aromatic heterocycles. The molecule has 0 fully saturated rings. The van der Waals surface area contributed by atoms with E-state index in [1.165, 1.54) is 9.08 Å². The fourth-order valence-corrected chi connectivity index (χ4v) is 2.12. The number of hydrogen-bond donors (Lipinski definition) is 0. The Hall–Kier alpha value is -1.73. The largest absolute Gasteiger partial charge is 0.350 e. The second-order valence-electron chi connectivity index (χ2n) is 3.36. The van der Waals surface area contributed by atoms with Gasteiger partial charge in [-0.15, -0.1) is 10.2 Å². The number of fused-ring (bicyclic) bond motifs is 1. The van der Waals surface area contributed by atoms with Crippen molar-refractivity contribution in [3.05, 3.63) is 44.9 Å². The summed E-state index contributed by atoms with van der Waals surface area (Å²) in [5.74, 6) is 0. The Morgan fingerprint density at radius 1 is 1.41 bits per heavy atom. The maximum atomic E-state index is 11.9. The minimum atomic E-state index is -0.218. The number of nitrogens with zero attached hydrogens (tertiary/aromatic N) is 5. The van der Waals surface area contributed by atoms with Crippen LogP contribution >= 0.6 is 23.1 Å². The van der Waals surface area contributed by atoms with E-state index in [4.69, 9.17) is 11.6 Å². The van der Waals surface area contributed by atoms with Crippen molar-refractivity contribution in [1.29, 1.82) is 0 Å². The summed E-state index contributed by atoms with van der Waals surface area (Å²) in [6.45, 7) is 0.232. The minimum Gasteiger partial charge on any atom is -0.250 e. The standard InChI is InChI=1S/C9H6ClN5OS/c10-8-6(11-13-17-8)5-15-9(16)14-4-2-1-3-7(14)12-15/h1-4H,5H2. The fraction of sp³-hybridized carbons (Fsp3) is 0.111. The van der Waals surface area contributed by atoms with Crippen LogP contribution in [0.3, 0.4) is 0 Å². The summed E-state index contributed by atoms with van der Waals surface area (Å²) in [6, 6.07) is 5.36. The van der Waals surface area contributed by atoms with Crippen molar-refractivity contribution >= 4 is 28.8 Å². The highest BCUT2D eigenvalue weighted by molar-refractivity contribution is 7.10. The fourth-order valence-electron chi connectivity index (χ4n) is 1.50. The predicted molar refractivity (Wildman–Crippen MR) is 63.5 cm³/mol. The molecule has 0 aliphatic rings. The van der Waals surface area contributed by atoms with Gasteiger partial charge in [-0.3, -0.25) is 4.40 Å². The van der Waals surface area contributed by atoms with Crippen molar-refractivity contribution in [2.45, 2.75) is 6.54 Å². The van der Waals surface area contributed by atoms with Crippen molar-refractivity contribution in [2.24, 2.45) is 0 Å². The van der Waals surface area contributed by atoms with Gasteiger partial charge in [0.2, 0.25) is 0 Å². The molecule has 17 heavy (non-hydrogen) atoms. The monoisotopic (exact) mass is 267 g/mol. The van der Waals surface area contributed by atoms with E-state index in [0.717, 1.165) is 11.5 Å². The molecule has 0 aliphatic carbocycles. The molecule has 0 aliphatic heterocycles. The van der Waals surface area contributed by atoms with Crippen LogP contribution in [0.1, 0.15) is 5.69 Å². The molecule has 3 heterocycles. The molecule has 0 aromatic carbocycles. The highest BCUT2D eigenvalue weighted by Gasteiger charge is 2.11. The first-order chi connectivity index (χ1) is 8.25. The zero-order chi connectivity index (χ0) is 11.8. The normalized spacial score (nSPS) is 11.1. The summed E-state index contributed by atoms with van der Waals surface area (Å²) in [6.07, 6.45) is 1.67. The van der Waals surface area contributed by atoms with E-state index in [2.05, 4.69) is 14.7 Å². The summed E-state index contributed by atoms with van der Waals surface area (Å²) < 4.78 is 6.98. The number of aromatic nitrogens is 5. The molecular formula is C9H6ClN5OS. The van der Waals surface area contributed by atoms with Crippen molar-refractivity contribution in [1.82, 2.24) is 23.8 Å². The van der Waals surface area contributed by atoms with Crippen molar-refractivity contribution in [3.8, 4) is 0 Å². The van der Waals surface area contributed by atoms with Crippen molar-refractivity contribution in [2.75, 3.05) is 0 Å². The topological polar surface area (TPSA) is 65.1 Å². The van der Waals surface area contributed by atoms with E-state index in [1.807, 2.05) is 6.07 Å². The van der Waals surface area contributed by atoms with Crippen LogP contribution in [0.15, 0.2) is 29.2 Å². The molecule has 3 rings (SSSR count). The van der Waals surface area contributed by atoms with Crippen LogP contribution in [0.2, 0.25) is 4.34 Å². The van der Waals surface area contributed by atoms with Crippen LogP contribution in [0.5, 0.6) is 0 Å². The lowest BCUT2D eigenvalue weighted by atomic mass is 10.5. The molecule has 3 aromatic rings. The summed E-state index contributed by atoms with van der Waals surface area (Å²) in [5.41, 5.74) is 0.934. The van der Waals surface area contributed by atoms with E-state index in [9.17, 15) is 4.79 Å². The summed E-state index contributed by atoms with van der Waals surface area (Å²) >= 11 is 6.98. The Morgan fingerprint density at radius 2 is 2.29 bits per heavy atom. The van der Waals surface area contributed by atoms with Gasteiger partial charge in [0.05, 0.1) is 6.54 Å². The van der Waals surface area contributed by atoms with E-state index < -0.39 is 0 Å². The first kappa shape index (κ1) is 10.4. The number of hydrogen-bond acceptors (Lipinski definition) is 5. The summed E-state index contributed by atoms with van der Waals surface area (Å²) in [7, 11) is 0. The smallest absolute Gasteiger partial charge is 0.250 e. The average Bonchev–Trinajstić information content (AvgIpc) is 2.87. The van der Waals surface area contributed by atoms with Crippen LogP contribution in [0, 0.1) is 0 Å². The SMILES string of the molecule is O=c1n(Cc2nnsc2Cl)nc2ccccn12. The van der Waals surface area contributed by atoms with Gasteiger partial charge in [0.25, 0.3) is 0 Å². The highest BCUT2D eigenvalue weighted by Crippen LogP contribution is 2.17.